The zero-order chi connectivity index (χ0) is 11.9. The Morgan fingerprint density at radius 3 is 2.59 bits per heavy atom. The molecule has 0 saturated heterocycles. The topological polar surface area (TPSA) is 61.0 Å². The first-order valence-electron chi connectivity index (χ1n) is 5.53. The minimum absolute atomic E-state index is 0.438. The molecule has 0 aliphatic heterocycles. The van der Waals surface area contributed by atoms with E-state index in [0.29, 0.717) is 19.0 Å². The first-order chi connectivity index (χ1) is 8.36. The highest BCUT2D eigenvalue weighted by Crippen LogP contribution is 2.11. The Morgan fingerprint density at radius 2 is 1.82 bits per heavy atom. The van der Waals surface area contributed by atoms with Crippen LogP contribution in [0, 0.1) is 0 Å². The normalized spacial score (nSPS) is 10.4. The second kappa shape index (κ2) is 5.96. The molecular weight excluding hydrogens is 214 g/mol. The number of hydrogen-bond acceptors (Lipinski definition) is 4. The maximum atomic E-state index is 5.83. The van der Waals surface area contributed by atoms with E-state index in [9.17, 15) is 0 Å². The Labute approximate surface area is 100 Å². The summed E-state index contributed by atoms with van der Waals surface area (Å²) in [4.78, 5) is 8.16. The predicted octanol–water partition coefficient (Wildman–Crippen LogP) is 1.82. The lowest BCUT2D eigenvalue weighted by molar-refractivity contribution is 0.118. The molecule has 0 aliphatic rings. The number of nitrogen functional groups attached to an aromatic ring is 1. The molecule has 0 aliphatic carbocycles. The zero-order valence-electron chi connectivity index (χ0n) is 9.54. The molecule has 4 nitrogen and oxygen atoms in total. The fourth-order valence-electron chi connectivity index (χ4n) is 1.51. The van der Waals surface area contributed by atoms with Gasteiger partial charge in [0.25, 0.3) is 0 Å². The van der Waals surface area contributed by atoms with Gasteiger partial charge in [-0.1, -0.05) is 18.2 Å². The average Bonchev–Trinajstić information content (AvgIpc) is 2.38. The van der Waals surface area contributed by atoms with Gasteiger partial charge in [0.05, 0.1) is 6.61 Å². The Kier molecular flexibility index (Phi) is 4.05. The van der Waals surface area contributed by atoms with Crippen LogP contribution in [0.5, 0.6) is 0 Å². The smallest absolute Gasteiger partial charge is 0.153 e. The number of aromatic nitrogens is 2. The van der Waals surface area contributed by atoms with Gasteiger partial charge in [-0.25, -0.2) is 9.97 Å². The number of hydrogen-bond donors (Lipinski definition) is 1. The SMILES string of the molecule is Nc1ccccc1CCOCc1ncccn1. The van der Waals surface area contributed by atoms with Gasteiger partial charge in [0.15, 0.2) is 5.82 Å². The molecule has 0 saturated carbocycles. The van der Waals surface area contributed by atoms with Crippen LogP contribution < -0.4 is 5.73 Å². The van der Waals surface area contributed by atoms with Crippen molar-refractivity contribution in [3.63, 3.8) is 0 Å². The van der Waals surface area contributed by atoms with Gasteiger partial charge >= 0.3 is 0 Å². The lowest BCUT2D eigenvalue weighted by Gasteiger charge is -2.05. The summed E-state index contributed by atoms with van der Waals surface area (Å²) in [6.07, 6.45) is 4.22. The highest BCUT2D eigenvalue weighted by molar-refractivity contribution is 5.46. The van der Waals surface area contributed by atoms with Crippen molar-refractivity contribution >= 4 is 5.69 Å². The minimum Gasteiger partial charge on any atom is -0.399 e. The van der Waals surface area contributed by atoms with Crippen molar-refractivity contribution in [1.29, 1.82) is 0 Å². The monoisotopic (exact) mass is 229 g/mol. The summed E-state index contributed by atoms with van der Waals surface area (Å²) in [5, 5.41) is 0. The first kappa shape index (κ1) is 11.5. The van der Waals surface area contributed by atoms with Gasteiger partial charge in [0.2, 0.25) is 0 Å². The summed E-state index contributed by atoms with van der Waals surface area (Å²) >= 11 is 0. The van der Waals surface area contributed by atoms with Crippen LogP contribution in [0.4, 0.5) is 5.69 Å². The number of benzene rings is 1. The van der Waals surface area contributed by atoms with Gasteiger partial charge in [-0.05, 0) is 24.1 Å². The van der Waals surface area contributed by atoms with Crippen molar-refractivity contribution < 1.29 is 4.74 Å². The Morgan fingerprint density at radius 1 is 1.06 bits per heavy atom. The quantitative estimate of drug-likeness (QED) is 0.627. The van der Waals surface area contributed by atoms with Crippen molar-refractivity contribution in [3.8, 4) is 0 Å². The summed E-state index contributed by atoms with van der Waals surface area (Å²) in [5.74, 6) is 0.702. The molecule has 1 aromatic heterocycles. The van der Waals surface area contributed by atoms with Crippen LogP contribution in [0.3, 0.4) is 0 Å². The van der Waals surface area contributed by atoms with Gasteiger partial charge in [0.1, 0.15) is 6.61 Å². The molecule has 2 rings (SSSR count). The Hall–Kier alpha value is -1.94. The van der Waals surface area contributed by atoms with Crippen LogP contribution in [0.2, 0.25) is 0 Å². The molecule has 1 aromatic carbocycles. The maximum absolute atomic E-state index is 5.83. The molecule has 4 heteroatoms. The number of anilines is 1. The fourth-order valence-corrected chi connectivity index (χ4v) is 1.51. The highest BCUT2D eigenvalue weighted by Gasteiger charge is 1.99. The summed E-state index contributed by atoms with van der Waals surface area (Å²) in [6, 6.07) is 9.60. The van der Waals surface area contributed by atoms with Gasteiger partial charge < -0.3 is 10.5 Å². The van der Waals surface area contributed by atoms with Crippen LogP contribution in [0.1, 0.15) is 11.4 Å². The lowest BCUT2D eigenvalue weighted by atomic mass is 10.1. The van der Waals surface area contributed by atoms with Crippen molar-refractivity contribution in [2.24, 2.45) is 0 Å². The summed E-state index contributed by atoms with van der Waals surface area (Å²) < 4.78 is 5.50. The zero-order valence-corrected chi connectivity index (χ0v) is 9.54. The molecule has 0 atom stereocenters. The van der Waals surface area contributed by atoms with Crippen molar-refractivity contribution in [3.05, 3.63) is 54.1 Å². The Balaban J connectivity index is 1.76. The van der Waals surface area contributed by atoms with Crippen LogP contribution in [0.25, 0.3) is 0 Å². The molecule has 2 aromatic rings. The van der Waals surface area contributed by atoms with Gasteiger partial charge in [-0.3, -0.25) is 0 Å². The molecule has 0 unspecified atom stereocenters. The summed E-state index contributed by atoms with van der Waals surface area (Å²) in [6.45, 7) is 1.06. The second-order valence-corrected chi connectivity index (χ2v) is 3.67. The van der Waals surface area contributed by atoms with Crippen LogP contribution in [0.15, 0.2) is 42.7 Å². The lowest BCUT2D eigenvalue weighted by Crippen LogP contribution is -2.03. The third-order valence-electron chi connectivity index (χ3n) is 2.42. The van der Waals surface area contributed by atoms with E-state index >= 15 is 0 Å². The largest absolute Gasteiger partial charge is 0.399 e. The summed E-state index contributed by atoms with van der Waals surface area (Å²) in [5.41, 5.74) is 7.76. The molecule has 0 bridgehead atoms. The third kappa shape index (κ3) is 3.53. The van der Waals surface area contributed by atoms with Gasteiger partial charge in [0, 0.05) is 18.1 Å². The molecule has 17 heavy (non-hydrogen) atoms. The fraction of sp³-hybridized carbons (Fsp3) is 0.231. The molecule has 0 radical (unpaired) electrons. The Bertz CT molecular complexity index is 459. The molecule has 0 amide bonds. The van der Waals surface area contributed by atoms with E-state index in [0.717, 1.165) is 17.7 Å². The van der Waals surface area contributed by atoms with Crippen LogP contribution in [-0.4, -0.2) is 16.6 Å². The van der Waals surface area contributed by atoms with Crippen molar-refractivity contribution in [1.82, 2.24) is 9.97 Å². The number of nitrogens with two attached hydrogens (primary N) is 1. The minimum atomic E-state index is 0.438. The molecular formula is C13H15N3O. The standard InChI is InChI=1S/C13H15N3O/c14-12-5-2-1-4-11(12)6-9-17-10-13-15-7-3-8-16-13/h1-5,7-8H,6,9-10,14H2. The van der Waals surface area contributed by atoms with Crippen LogP contribution in [-0.2, 0) is 17.8 Å². The van der Waals surface area contributed by atoms with E-state index in [1.807, 2.05) is 24.3 Å². The first-order valence-corrected chi connectivity index (χ1v) is 5.53. The van der Waals surface area contributed by atoms with E-state index in [1.165, 1.54) is 0 Å². The molecule has 1 heterocycles. The molecule has 88 valence electrons. The molecule has 0 fully saturated rings. The number of rotatable bonds is 5. The van der Waals surface area contributed by atoms with E-state index in [1.54, 1.807) is 18.5 Å². The number of para-hydroxylation sites is 1. The maximum Gasteiger partial charge on any atom is 0.153 e. The third-order valence-corrected chi connectivity index (χ3v) is 2.42. The van der Waals surface area contributed by atoms with E-state index < -0.39 is 0 Å². The van der Waals surface area contributed by atoms with Gasteiger partial charge in [-0.2, -0.15) is 0 Å². The van der Waals surface area contributed by atoms with Crippen LogP contribution >= 0.6 is 0 Å². The van der Waals surface area contributed by atoms with Crippen molar-refractivity contribution in [2.45, 2.75) is 13.0 Å². The molecule has 2 N–H and O–H groups in total. The van der Waals surface area contributed by atoms with E-state index in [-0.39, 0.29) is 0 Å². The molecule has 0 spiro atoms. The predicted molar refractivity (Wildman–Crippen MR) is 66.2 cm³/mol. The summed E-state index contributed by atoms with van der Waals surface area (Å²) in [7, 11) is 0. The van der Waals surface area contributed by atoms with Gasteiger partial charge in [-0.15, -0.1) is 0 Å². The van der Waals surface area contributed by atoms with E-state index in [2.05, 4.69) is 9.97 Å². The second-order valence-electron chi connectivity index (χ2n) is 3.67. The number of nitrogens with zero attached hydrogens (tertiary/aromatic N) is 2. The number of ether oxygens (including phenoxy) is 1. The van der Waals surface area contributed by atoms with Crippen molar-refractivity contribution in [2.75, 3.05) is 12.3 Å². The average molecular weight is 229 g/mol. The highest BCUT2D eigenvalue weighted by atomic mass is 16.5. The van der Waals surface area contributed by atoms with E-state index in [4.69, 9.17) is 10.5 Å².